The molecule has 4 aromatic rings. The third kappa shape index (κ3) is 6.66. The van der Waals surface area contributed by atoms with Crippen LogP contribution >= 0.6 is 0 Å². The summed E-state index contributed by atoms with van der Waals surface area (Å²) < 4.78 is 24.6. The Labute approximate surface area is 228 Å². The third-order valence-corrected chi connectivity index (χ3v) is 6.52. The molecule has 1 aliphatic heterocycles. The molecular weight excluding hydrogens is 494 g/mol. The van der Waals surface area contributed by atoms with Crippen LogP contribution in [0.25, 0.3) is 16.8 Å². The van der Waals surface area contributed by atoms with Gasteiger partial charge < -0.3 is 18.9 Å². The lowest BCUT2D eigenvalue weighted by molar-refractivity contribution is 0.0316. The van der Waals surface area contributed by atoms with E-state index in [1.54, 1.807) is 11.6 Å². The van der Waals surface area contributed by atoms with Crippen molar-refractivity contribution >= 4 is 5.97 Å². The summed E-state index contributed by atoms with van der Waals surface area (Å²) in [6.45, 7) is 6.87. The highest BCUT2D eigenvalue weighted by molar-refractivity contribution is 5.92. The summed E-state index contributed by atoms with van der Waals surface area (Å²) in [6.07, 6.45) is 1.50. The molecule has 0 radical (unpaired) electrons. The van der Waals surface area contributed by atoms with E-state index in [0.29, 0.717) is 24.7 Å². The predicted molar refractivity (Wildman–Crippen MR) is 148 cm³/mol. The van der Waals surface area contributed by atoms with Crippen LogP contribution in [0.2, 0.25) is 0 Å². The third-order valence-electron chi connectivity index (χ3n) is 6.52. The SMILES string of the molecule is CCOC(=O)c1cnn(-c2ccc(-c3ccccc3OCc3ccccc3)cc2)c1OCCN1CCOCC1. The van der Waals surface area contributed by atoms with Gasteiger partial charge >= 0.3 is 5.97 Å². The topological polar surface area (TPSA) is 75.0 Å². The van der Waals surface area contributed by atoms with E-state index in [2.05, 4.69) is 10.00 Å². The number of benzene rings is 3. The summed E-state index contributed by atoms with van der Waals surface area (Å²) in [5.74, 6) is 0.734. The van der Waals surface area contributed by atoms with Crippen LogP contribution in [-0.4, -0.2) is 66.7 Å². The van der Waals surface area contributed by atoms with Gasteiger partial charge in [0.2, 0.25) is 5.88 Å². The second-order valence-electron chi connectivity index (χ2n) is 9.12. The van der Waals surface area contributed by atoms with Crippen LogP contribution in [-0.2, 0) is 16.1 Å². The molecular formula is C31H33N3O5. The van der Waals surface area contributed by atoms with Gasteiger partial charge in [-0.3, -0.25) is 4.90 Å². The molecule has 1 aliphatic rings. The van der Waals surface area contributed by atoms with E-state index < -0.39 is 5.97 Å². The summed E-state index contributed by atoms with van der Waals surface area (Å²) in [6, 6.07) is 26.0. The number of ether oxygens (including phenoxy) is 4. The second kappa shape index (κ2) is 13.1. The number of hydrogen-bond donors (Lipinski definition) is 0. The Hall–Kier alpha value is -4.14. The van der Waals surface area contributed by atoms with Crippen molar-refractivity contribution in [3.8, 4) is 28.4 Å². The molecule has 202 valence electrons. The van der Waals surface area contributed by atoms with E-state index in [-0.39, 0.29) is 6.61 Å². The quantitative estimate of drug-likeness (QED) is 0.254. The minimum Gasteiger partial charge on any atom is -0.488 e. The molecule has 1 fully saturated rings. The molecule has 0 amide bonds. The minimum atomic E-state index is -0.453. The Balaban J connectivity index is 1.35. The Bertz CT molecular complexity index is 1350. The summed E-state index contributed by atoms with van der Waals surface area (Å²) in [7, 11) is 0. The average molecular weight is 528 g/mol. The van der Waals surface area contributed by atoms with Crippen molar-refractivity contribution in [3.05, 3.63) is 96.2 Å². The first-order valence-corrected chi connectivity index (χ1v) is 13.3. The van der Waals surface area contributed by atoms with Crippen LogP contribution in [0, 0.1) is 0 Å². The molecule has 2 heterocycles. The number of carbonyl (C=O) groups excluding carboxylic acids is 1. The first kappa shape index (κ1) is 26.5. The number of esters is 1. The molecule has 1 saturated heterocycles. The lowest BCUT2D eigenvalue weighted by Gasteiger charge is -2.26. The van der Waals surface area contributed by atoms with E-state index in [4.69, 9.17) is 18.9 Å². The molecule has 5 rings (SSSR count). The molecule has 0 spiro atoms. The van der Waals surface area contributed by atoms with Gasteiger partial charge in [-0.05, 0) is 36.2 Å². The van der Waals surface area contributed by atoms with Gasteiger partial charge in [-0.1, -0.05) is 60.7 Å². The van der Waals surface area contributed by atoms with Gasteiger partial charge in [-0.2, -0.15) is 5.10 Å². The van der Waals surface area contributed by atoms with Crippen LogP contribution in [0.5, 0.6) is 11.6 Å². The van der Waals surface area contributed by atoms with Crippen LogP contribution in [0.1, 0.15) is 22.8 Å². The van der Waals surface area contributed by atoms with Crippen molar-refractivity contribution in [1.29, 1.82) is 0 Å². The van der Waals surface area contributed by atoms with E-state index in [1.165, 1.54) is 6.20 Å². The number of morpholine rings is 1. The molecule has 8 nitrogen and oxygen atoms in total. The fourth-order valence-electron chi connectivity index (χ4n) is 4.45. The highest BCUT2D eigenvalue weighted by Gasteiger charge is 2.22. The van der Waals surface area contributed by atoms with Crippen LogP contribution in [0.15, 0.2) is 85.1 Å². The van der Waals surface area contributed by atoms with Crippen molar-refractivity contribution in [1.82, 2.24) is 14.7 Å². The van der Waals surface area contributed by atoms with Gasteiger partial charge in [0.15, 0.2) is 0 Å². The fourth-order valence-corrected chi connectivity index (χ4v) is 4.45. The van der Waals surface area contributed by atoms with E-state index in [0.717, 1.165) is 61.0 Å². The van der Waals surface area contributed by atoms with Crippen LogP contribution in [0.3, 0.4) is 0 Å². The first-order chi connectivity index (χ1) is 19.2. The molecule has 3 aromatic carbocycles. The highest BCUT2D eigenvalue weighted by Crippen LogP contribution is 2.32. The lowest BCUT2D eigenvalue weighted by atomic mass is 10.0. The van der Waals surface area contributed by atoms with Crippen molar-refractivity contribution < 1.29 is 23.7 Å². The number of hydrogen-bond acceptors (Lipinski definition) is 7. The number of rotatable bonds is 11. The Kier molecular flexibility index (Phi) is 8.88. The van der Waals surface area contributed by atoms with E-state index in [1.807, 2.05) is 78.9 Å². The van der Waals surface area contributed by atoms with Gasteiger partial charge in [0.1, 0.15) is 24.5 Å². The van der Waals surface area contributed by atoms with Crippen LogP contribution in [0.4, 0.5) is 0 Å². The maximum Gasteiger partial charge on any atom is 0.345 e. The van der Waals surface area contributed by atoms with Crippen molar-refractivity contribution in [2.45, 2.75) is 13.5 Å². The average Bonchev–Trinajstić information content (AvgIpc) is 3.41. The minimum absolute atomic E-state index is 0.275. The summed E-state index contributed by atoms with van der Waals surface area (Å²) in [4.78, 5) is 14.9. The zero-order valence-corrected chi connectivity index (χ0v) is 22.1. The summed E-state index contributed by atoms with van der Waals surface area (Å²) >= 11 is 0. The summed E-state index contributed by atoms with van der Waals surface area (Å²) in [5.41, 5.74) is 4.20. The number of para-hydroxylation sites is 1. The molecule has 0 saturated carbocycles. The van der Waals surface area contributed by atoms with Gasteiger partial charge in [-0.25, -0.2) is 9.48 Å². The molecule has 1 aromatic heterocycles. The van der Waals surface area contributed by atoms with Crippen molar-refractivity contribution in [3.63, 3.8) is 0 Å². The summed E-state index contributed by atoms with van der Waals surface area (Å²) in [5, 5.41) is 4.47. The first-order valence-electron chi connectivity index (χ1n) is 13.3. The van der Waals surface area contributed by atoms with Gasteiger partial charge in [-0.15, -0.1) is 0 Å². The Morgan fingerprint density at radius 1 is 0.923 bits per heavy atom. The number of nitrogens with zero attached hydrogens (tertiary/aromatic N) is 3. The second-order valence-corrected chi connectivity index (χ2v) is 9.12. The van der Waals surface area contributed by atoms with E-state index in [9.17, 15) is 4.79 Å². The monoisotopic (exact) mass is 527 g/mol. The number of aromatic nitrogens is 2. The number of carbonyl (C=O) groups is 1. The zero-order chi connectivity index (χ0) is 26.9. The highest BCUT2D eigenvalue weighted by atomic mass is 16.5. The molecule has 8 heteroatoms. The van der Waals surface area contributed by atoms with E-state index >= 15 is 0 Å². The Morgan fingerprint density at radius 2 is 1.67 bits per heavy atom. The van der Waals surface area contributed by atoms with Gasteiger partial charge in [0, 0.05) is 25.2 Å². The fraction of sp³-hybridized carbons (Fsp3) is 0.290. The predicted octanol–water partition coefficient (Wildman–Crippen LogP) is 5.01. The Morgan fingerprint density at radius 3 is 2.44 bits per heavy atom. The molecule has 0 aliphatic carbocycles. The van der Waals surface area contributed by atoms with Crippen molar-refractivity contribution in [2.75, 3.05) is 46.1 Å². The maximum absolute atomic E-state index is 12.6. The van der Waals surface area contributed by atoms with Crippen molar-refractivity contribution in [2.24, 2.45) is 0 Å². The smallest absolute Gasteiger partial charge is 0.345 e. The van der Waals surface area contributed by atoms with Crippen LogP contribution < -0.4 is 9.47 Å². The largest absolute Gasteiger partial charge is 0.488 e. The molecule has 0 bridgehead atoms. The molecule has 0 atom stereocenters. The molecule has 39 heavy (non-hydrogen) atoms. The molecule has 0 unspecified atom stereocenters. The van der Waals surface area contributed by atoms with Gasteiger partial charge in [0.25, 0.3) is 0 Å². The zero-order valence-electron chi connectivity index (χ0n) is 22.1. The standard InChI is InChI=1S/C31H33N3O5/c1-2-37-31(35)28-22-32-34(30(28)38-21-18-33-16-19-36-20-17-33)26-14-12-25(13-15-26)27-10-6-7-11-29(27)39-23-24-8-4-3-5-9-24/h3-15,22H,2,16-21,23H2,1H3. The normalized spacial score (nSPS) is 13.7. The molecule has 0 N–H and O–H groups in total. The maximum atomic E-state index is 12.6. The van der Waals surface area contributed by atoms with Gasteiger partial charge in [0.05, 0.1) is 31.7 Å². The lowest BCUT2D eigenvalue weighted by Crippen LogP contribution is -2.38.